The molecule has 0 bridgehead atoms. The van der Waals surface area contributed by atoms with Crippen molar-refractivity contribution < 1.29 is 13.2 Å². The SMILES string of the molecule is Cc1ccc(C)c(C(=O)c2cccc(S(C)(=O)=O)c2)c1. The molecule has 2 aromatic rings. The largest absolute Gasteiger partial charge is 0.289 e. The lowest BCUT2D eigenvalue weighted by atomic mass is 9.97. The van der Waals surface area contributed by atoms with E-state index < -0.39 is 9.84 Å². The van der Waals surface area contributed by atoms with Gasteiger partial charge in [0.1, 0.15) is 0 Å². The molecule has 0 unspecified atom stereocenters. The van der Waals surface area contributed by atoms with E-state index in [0.717, 1.165) is 17.4 Å². The first-order valence-electron chi connectivity index (χ1n) is 6.21. The maximum absolute atomic E-state index is 12.5. The quantitative estimate of drug-likeness (QED) is 0.816. The van der Waals surface area contributed by atoms with E-state index in [1.807, 2.05) is 32.0 Å². The number of ketones is 1. The fourth-order valence-electron chi connectivity index (χ4n) is 2.00. The number of benzene rings is 2. The van der Waals surface area contributed by atoms with E-state index in [9.17, 15) is 13.2 Å². The molecular weight excluding hydrogens is 272 g/mol. The fraction of sp³-hybridized carbons (Fsp3) is 0.188. The highest BCUT2D eigenvalue weighted by molar-refractivity contribution is 7.90. The Balaban J connectivity index is 2.52. The van der Waals surface area contributed by atoms with Crippen LogP contribution in [0.2, 0.25) is 0 Å². The lowest BCUT2D eigenvalue weighted by Gasteiger charge is -2.07. The van der Waals surface area contributed by atoms with Crippen molar-refractivity contribution >= 4 is 15.6 Å². The molecule has 0 spiro atoms. The molecule has 104 valence electrons. The number of aryl methyl sites for hydroxylation is 2. The molecule has 3 nitrogen and oxygen atoms in total. The monoisotopic (exact) mass is 288 g/mol. The van der Waals surface area contributed by atoms with Gasteiger partial charge in [-0.2, -0.15) is 0 Å². The molecule has 0 amide bonds. The minimum absolute atomic E-state index is 0.156. The molecule has 2 aromatic carbocycles. The van der Waals surface area contributed by atoms with Crippen LogP contribution in [0.1, 0.15) is 27.0 Å². The van der Waals surface area contributed by atoms with Crippen LogP contribution in [0.15, 0.2) is 47.4 Å². The van der Waals surface area contributed by atoms with Crippen molar-refractivity contribution in [3.05, 3.63) is 64.7 Å². The van der Waals surface area contributed by atoms with Gasteiger partial charge in [-0.15, -0.1) is 0 Å². The summed E-state index contributed by atoms with van der Waals surface area (Å²) in [5, 5.41) is 0. The lowest BCUT2D eigenvalue weighted by Crippen LogP contribution is -2.06. The molecule has 0 saturated carbocycles. The average molecular weight is 288 g/mol. The number of sulfone groups is 1. The molecule has 0 aliphatic carbocycles. The van der Waals surface area contributed by atoms with E-state index >= 15 is 0 Å². The van der Waals surface area contributed by atoms with Crippen molar-refractivity contribution in [2.75, 3.05) is 6.26 Å². The van der Waals surface area contributed by atoms with E-state index in [1.54, 1.807) is 12.1 Å². The van der Waals surface area contributed by atoms with Gasteiger partial charge in [0.2, 0.25) is 0 Å². The summed E-state index contributed by atoms with van der Waals surface area (Å²) >= 11 is 0. The van der Waals surface area contributed by atoms with Crippen LogP contribution in [-0.4, -0.2) is 20.5 Å². The summed E-state index contributed by atoms with van der Waals surface area (Å²) in [7, 11) is -3.31. The Bertz CT molecular complexity index is 774. The first-order valence-corrected chi connectivity index (χ1v) is 8.10. The lowest BCUT2D eigenvalue weighted by molar-refractivity contribution is 0.103. The Morgan fingerprint density at radius 1 is 1.00 bits per heavy atom. The summed E-state index contributed by atoms with van der Waals surface area (Å²) in [4.78, 5) is 12.7. The van der Waals surface area contributed by atoms with Crippen LogP contribution in [0.3, 0.4) is 0 Å². The Kier molecular flexibility index (Phi) is 3.77. The minimum atomic E-state index is -3.31. The zero-order valence-corrected chi connectivity index (χ0v) is 12.5. The van der Waals surface area contributed by atoms with Gasteiger partial charge in [-0.25, -0.2) is 8.42 Å². The second-order valence-electron chi connectivity index (χ2n) is 4.95. The molecule has 0 N–H and O–H groups in total. The smallest absolute Gasteiger partial charge is 0.193 e. The fourth-order valence-corrected chi connectivity index (χ4v) is 2.67. The van der Waals surface area contributed by atoms with Gasteiger partial charge in [-0.3, -0.25) is 4.79 Å². The van der Waals surface area contributed by atoms with Crippen molar-refractivity contribution in [1.29, 1.82) is 0 Å². The maximum atomic E-state index is 12.5. The normalized spacial score (nSPS) is 11.3. The summed E-state index contributed by atoms with van der Waals surface area (Å²) in [5.41, 5.74) is 2.88. The average Bonchev–Trinajstić information content (AvgIpc) is 2.40. The van der Waals surface area contributed by atoms with Gasteiger partial charge in [0.25, 0.3) is 0 Å². The molecule has 0 fully saturated rings. The molecule has 0 atom stereocenters. The van der Waals surface area contributed by atoms with E-state index in [0.29, 0.717) is 11.1 Å². The molecule has 0 heterocycles. The maximum Gasteiger partial charge on any atom is 0.193 e. The van der Waals surface area contributed by atoms with Gasteiger partial charge in [-0.05, 0) is 37.6 Å². The van der Waals surface area contributed by atoms with Gasteiger partial charge in [0, 0.05) is 17.4 Å². The predicted octanol–water partition coefficient (Wildman–Crippen LogP) is 2.94. The van der Waals surface area contributed by atoms with Gasteiger partial charge in [-0.1, -0.05) is 29.8 Å². The number of hydrogen-bond donors (Lipinski definition) is 0. The van der Waals surface area contributed by atoms with Gasteiger partial charge in [0.05, 0.1) is 4.90 Å². The minimum Gasteiger partial charge on any atom is -0.289 e. The highest BCUT2D eigenvalue weighted by Gasteiger charge is 2.15. The van der Waals surface area contributed by atoms with Crippen molar-refractivity contribution in [3.63, 3.8) is 0 Å². The van der Waals surface area contributed by atoms with E-state index in [2.05, 4.69) is 0 Å². The van der Waals surface area contributed by atoms with Crippen LogP contribution >= 0.6 is 0 Å². The molecule has 0 aromatic heterocycles. The molecule has 0 aliphatic rings. The standard InChI is InChI=1S/C16H16O3S/c1-11-7-8-12(2)15(9-11)16(17)13-5-4-6-14(10-13)20(3,18)19/h4-10H,1-3H3. The summed E-state index contributed by atoms with van der Waals surface area (Å²) in [6.45, 7) is 3.79. The van der Waals surface area contributed by atoms with Gasteiger partial charge < -0.3 is 0 Å². The first kappa shape index (κ1) is 14.5. The second-order valence-corrected chi connectivity index (χ2v) is 6.96. The van der Waals surface area contributed by atoms with Crippen LogP contribution in [-0.2, 0) is 9.84 Å². The third kappa shape index (κ3) is 2.96. The molecule has 4 heteroatoms. The third-order valence-corrected chi connectivity index (χ3v) is 4.27. The summed E-state index contributed by atoms with van der Waals surface area (Å²) < 4.78 is 23.1. The second kappa shape index (κ2) is 5.21. The van der Waals surface area contributed by atoms with Crippen molar-refractivity contribution in [2.45, 2.75) is 18.7 Å². The van der Waals surface area contributed by atoms with Crippen LogP contribution in [0.4, 0.5) is 0 Å². The zero-order chi connectivity index (χ0) is 14.9. The highest BCUT2D eigenvalue weighted by atomic mass is 32.2. The Morgan fingerprint density at radius 2 is 1.70 bits per heavy atom. The topological polar surface area (TPSA) is 51.2 Å². The zero-order valence-electron chi connectivity index (χ0n) is 11.7. The Labute approximate surface area is 119 Å². The Hall–Kier alpha value is -1.94. The molecule has 0 radical (unpaired) electrons. The van der Waals surface area contributed by atoms with Crippen molar-refractivity contribution in [3.8, 4) is 0 Å². The van der Waals surface area contributed by atoms with Crippen LogP contribution in [0.25, 0.3) is 0 Å². The Morgan fingerprint density at radius 3 is 2.35 bits per heavy atom. The van der Waals surface area contributed by atoms with Crippen LogP contribution in [0, 0.1) is 13.8 Å². The van der Waals surface area contributed by atoms with E-state index in [1.165, 1.54) is 12.1 Å². The van der Waals surface area contributed by atoms with E-state index in [-0.39, 0.29) is 10.7 Å². The molecule has 2 rings (SSSR count). The van der Waals surface area contributed by atoms with Crippen molar-refractivity contribution in [1.82, 2.24) is 0 Å². The van der Waals surface area contributed by atoms with Crippen molar-refractivity contribution in [2.24, 2.45) is 0 Å². The van der Waals surface area contributed by atoms with E-state index in [4.69, 9.17) is 0 Å². The molecule has 0 aliphatic heterocycles. The van der Waals surface area contributed by atoms with Gasteiger partial charge >= 0.3 is 0 Å². The molecule has 20 heavy (non-hydrogen) atoms. The summed E-state index contributed by atoms with van der Waals surface area (Å²) in [6.07, 6.45) is 1.13. The first-order chi connectivity index (χ1) is 9.29. The third-order valence-electron chi connectivity index (χ3n) is 3.16. The predicted molar refractivity (Wildman–Crippen MR) is 78.9 cm³/mol. The number of hydrogen-bond acceptors (Lipinski definition) is 3. The number of carbonyl (C=O) groups is 1. The molecular formula is C16H16O3S. The van der Waals surface area contributed by atoms with Gasteiger partial charge in [0.15, 0.2) is 15.6 Å². The highest BCUT2D eigenvalue weighted by Crippen LogP contribution is 2.18. The number of carbonyl (C=O) groups excluding carboxylic acids is 1. The number of rotatable bonds is 3. The van der Waals surface area contributed by atoms with Crippen LogP contribution < -0.4 is 0 Å². The summed E-state index contributed by atoms with van der Waals surface area (Å²) in [6, 6.07) is 11.8. The summed E-state index contributed by atoms with van der Waals surface area (Å²) in [5.74, 6) is -0.156. The molecule has 0 saturated heterocycles. The van der Waals surface area contributed by atoms with Crippen LogP contribution in [0.5, 0.6) is 0 Å².